The van der Waals surface area contributed by atoms with Crippen LogP contribution in [0.2, 0.25) is 0 Å². The lowest BCUT2D eigenvalue weighted by Crippen LogP contribution is -2.08. The topological polar surface area (TPSA) is 48.1 Å². The summed E-state index contributed by atoms with van der Waals surface area (Å²) in [6.07, 6.45) is 4.92. The SMILES string of the molecule is COC(=O)CCCCCc1ccccc1[C@@H](C)OC[C@H]1CO1. The average Bonchev–Trinajstić information content (AvgIpc) is 3.36. The maximum atomic E-state index is 11.1. The number of aryl methyl sites for hydroxylation is 1. The number of carbonyl (C=O) groups is 1. The number of epoxide rings is 1. The number of ether oxygens (including phenoxy) is 3. The Morgan fingerprint density at radius 1 is 1.32 bits per heavy atom. The normalized spacial score (nSPS) is 18.0. The Balaban J connectivity index is 1.76. The van der Waals surface area contributed by atoms with Crippen LogP contribution in [0.1, 0.15) is 49.8 Å². The molecule has 4 nitrogen and oxygen atoms in total. The van der Waals surface area contributed by atoms with E-state index in [4.69, 9.17) is 9.47 Å². The van der Waals surface area contributed by atoms with E-state index in [1.54, 1.807) is 0 Å². The monoisotopic (exact) mass is 306 g/mol. The summed E-state index contributed by atoms with van der Waals surface area (Å²) < 4.78 is 15.7. The quantitative estimate of drug-likeness (QED) is 0.377. The minimum atomic E-state index is -0.121. The first-order valence-electron chi connectivity index (χ1n) is 8.08. The molecule has 1 aromatic carbocycles. The minimum Gasteiger partial charge on any atom is -0.469 e. The predicted octanol–water partition coefficient (Wildman–Crippen LogP) is 3.44. The van der Waals surface area contributed by atoms with Gasteiger partial charge in [0, 0.05) is 6.42 Å². The third kappa shape index (κ3) is 5.78. The molecule has 0 aliphatic carbocycles. The van der Waals surface area contributed by atoms with Gasteiger partial charge in [-0.25, -0.2) is 0 Å². The molecule has 0 bridgehead atoms. The van der Waals surface area contributed by atoms with Gasteiger partial charge in [0.15, 0.2) is 0 Å². The largest absolute Gasteiger partial charge is 0.469 e. The molecule has 1 aliphatic heterocycles. The van der Waals surface area contributed by atoms with Crippen LogP contribution < -0.4 is 0 Å². The molecule has 0 N–H and O–H groups in total. The third-order valence-electron chi connectivity index (χ3n) is 3.98. The Labute approximate surface area is 132 Å². The molecule has 1 saturated heterocycles. The van der Waals surface area contributed by atoms with Crippen molar-refractivity contribution < 1.29 is 19.0 Å². The lowest BCUT2D eigenvalue weighted by atomic mass is 9.98. The highest BCUT2D eigenvalue weighted by Crippen LogP contribution is 2.24. The fourth-order valence-corrected chi connectivity index (χ4v) is 2.53. The number of unbranched alkanes of at least 4 members (excludes halogenated alkanes) is 2. The van der Waals surface area contributed by atoms with Crippen LogP contribution >= 0.6 is 0 Å². The van der Waals surface area contributed by atoms with Crippen LogP contribution in [0.4, 0.5) is 0 Å². The smallest absolute Gasteiger partial charge is 0.305 e. The van der Waals surface area contributed by atoms with Crippen LogP contribution in [0.15, 0.2) is 24.3 Å². The maximum Gasteiger partial charge on any atom is 0.305 e. The molecule has 4 heteroatoms. The van der Waals surface area contributed by atoms with Gasteiger partial charge in [0.2, 0.25) is 0 Å². The summed E-state index contributed by atoms with van der Waals surface area (Å²) in [6.45, 7) is 3.60. The Hall–Kier alpha value is -1.39. The molecule has 122 valence electrons. The number of benzene rings is 1. The molecule has 0 unspecified atom stereocenters. The Morgan fingerprint density at radius 3 is 2.82 bits per heavy atom. The van der Waals surface area contributed by atoms with Crippen molar-refractivity contribution in [1.29, 1.82) is 0 Å². The lowest BCUT2D eigenvalue weighted by molar-refractivity contribution is -0.140. The third-order valence-corrected chi connectivity index (χ3v) is 3.98. The van der Waals surface area contributed by atoms with E-state index >= 15 is 0 Å². The zero-order valence-electron chi connectivity index (χ0n) is 13.5. The second kappa shape index (κ2) is 8.91. The van der Waals surface area contributed by atoms with E-state index in [1.807, 2.05) is 0 Å². The van der Waals surface area contributed by atoms with Crippen LogP contribution in [0.25, 0.3) is 0 Å². The minimum absolute atomic E-state index is 0.0930. The number of rotatable bonds is 10. The fraction of sp³-hybridized carbons (Fsp3) is 0.611. The maximum absolute atomic E-state index is 11.1. The standard InChI is InChI=1S/C18H26O4/c1-14(21-12-16-13-22-16)17-10-7-6-9-15(17)8-4-3-5-11-18(19)20-2/h6-7,9-10,14,16H,3-5,8,11-13H2,1-2H3/t14-,16+/m1/s1. The number of hydrogen-bond acceptors (Lipinski definition) is 4. The zero-order valence-corrected chi connectivity index (χ0v) is 13.5. The molecule has 1 heterocycles. The first-order chi connectivity index (χ1) is 10.7. The second-order valence-electron chi connectivity index (χ2n) is 5.77. The molecular weight excluding hydrogens is 280 g/mol. The number of hydrogen-bond donors (Lipinski definition) is 0. The van der Waals surface area contributed by atoms with Crippen molar-refractivity contribution >= 4 is 5.97 Å². The van der Waals surface area contributed by atoms with Gasteiger partial charge >= 0.3 is 5.97 Å². The van der Waals surface area contributed by atoms with Gasteiger partial charge in [0.05, 0.1) is 26.4 Å². The van der Waals surface area contributed by atoms with Crippen molar-refractivity contribution in [1.82, 2.24) is 0 Å². The molecule has 22 heavy (non-hydrogen) atoms. The van der Waals surface area contributed by atoms with E-state index in [2.05, 4.69) is 35.9 Å². The summed E-state index contributed by atoms with van der Waals surface area (Å²) in [4.78, 5) is 11.1. The molecule has 1 fully saturated rings. The van der Waals surface area contributed by atoms with E-state index in [0.717, 1.165) is 32.3 Å². The van der Waals surface area contributed by atoms with Crippen LogP contribution in [-0.4, -0.2) is 32.4 Å². The highest BCUT2D eigenvalue weighted by atomic mass is 16.6. The van der Waals surface area contributed by atoms with Gasteiger partial charge in [0.25, 0.3) is 0 Å². The second-order valence-corrected chi connectivity index (χ2v) is 5.77. The van der Waals surface area contributed by atoms with E-state index in [0.29, 0.717) is 19.1 Å². The molecular formula is C18H26O4. The first kappa shape index (κ1) is 17.0. The predicted molar refractivity (Wildman–Crippen MR) is 84.7 cm³/mol. The number of methoxy groups -OCH3 is 1. The van der Waals surface area contributed by atoms with Crippen molar-refractivity contribution in [2.24, 2.45) is 0 Å². The summed E-state index contributed by atoms with van der Waals surface area (Å²) in [6, 6.07) is 8.44. The van der Waals surface area contributed by atoms with Crippen LogP contribution in [0, 0.1) is 0 Å². The lowest BCUT2D eigenvalue weighted by Gasteiger charge is -2.17. The van der Waals surface area contributed by atoms with Gasteiger partial charge < -0.3 is 14.2 Å². The zero-order chi connectivity index (χ0) is 15.8. The average molecular weight is 306 g/mol. The Kier molecular flexibility index (Phi) is 6.87. The number of esters is 1. The summed E-state index contributed by atoms with van der Waals surface area (Å²) in [5, 5.41) is 0. The van der Waals surface area contributed by atoms with Gasteiger partial charge in [-0.05, 0) is 37.3 Å². The van der Waals surface area contributed by atoms with E-state index in [9.17, 15) is 4.79 Å². The van der Waals surface area contributed by atoms with Crippen LogP contribution in [-0.2, 0) is 25.4 Å². The van der Waals surface area contributed by atoms with Gasteiger partial charge in [-0.1, -0.05) is 30.7 Å². The highest BCUT2D eigenvalue weighted by Gasteiger charge is 2.24. The van der Waals surface area contributed by atoms with E-state index in [1.165, 1.54) is 18.2 Å². The molecule has 0 spiro atoms. The number of carbonyl (C=O) groups excluding carboxylic acids is 1. The highest BCUT2D eigenvalue weighted by molar-refractivity contribution is 5.68. The van der Waals surface area contributed by atoms with Gasteiger partial charge in [-0.3, -0.25) is 4.79 Å². The van der Waals surface area contributed by atoms with E-state index in [-0.39, 0.29) is 12.1 Å². The van der Waals surface area contributed by atoms with Crippen LogP contribution in [0.5, 0.6) is 0 Å². The van der Waals surface area contributed by atoms with Crippen LogP contribution in [0.3, 0.4) is 0 Å². The molecule has 2 rings (SSSR count). The van der Waals surface area contributed by atoms with Crippen molar-refractivity contribution in [2.75, 3.05) is 20.3 Å². The van der Waals surface area contributed by atoms with Gasteiger partial charge in [0.1, 0.15) is 6.10 Å². The van der Waals surface area contributed by atoms with Gasteiger partial charge in [-0.15, -0.1) is 0 Å². The molecule has 1 aromatic rings. The Bertz CT molecular complexity index is 468. The Morgan fingerprint density at radius 2 is 2.09 bits per heavy atom. The molecule has 0 amide bonds. The molecule has 0 saturated carbocycles. The summed E-state index contributed by atoms with van der Waals surface area (Å²) in [5.41, 5.74) is 2.60. The fourth-order valence-electron chi connectivity index (χ4n) is 2.53. The van der Waals surface area contributed by atoms with Gasteiger partial charge in [-0.2, -0.15) is 0 Å². The molecule has 1 aliphatic rings. The molecule has 2 atom stereocenters. The van der Waals surface area contributed by atoms with E-state index < -0.39 is 0 Å². The first-order valence-corrected chi connectivity index (χ1v) is 8.08. The van der Waals surface area contributed by atoms with Crippen molar-refractivity contribution in [3.63, 3.8) is 0 Å². The van der Waals surface area contributed by atoms with Crippen molar-refractivity contribution in [3.8, 4) is 0 Å². The molecule has 0 radical (unpaired) electrons. The van der Waals surface area contributed by atoms with Crippen molar-refractivity contribution in [2.45, 2.75) is 51.2 Å². The summed E-state index contributed by atoms with van der Waals surface area (Å²) in [5.74, 6) is -0.121. The summed E-state index contributed by atoms with van der Waals surface area (Å²) in [7, 11) is 1.44. The molecule has 0 aromatic heterocycles. The van der Waals surface area contributed by atoms with Crippen molar-refractivity contribution in [3.05, 3.63) is 35.4 Å². The summed E-state index contributed by atoms with van der Waals surface area (Å²) >= 11 is 0.